The zero-order chi connectivity index (χ0) is 19.7. The number of halogens is 1. The van der Waals surface area contributed by atoms with Crippen molar-refractivity contribution in [2.24, 2.45) is 0 Å². The molecule has 0 radical (unpaired) electrons. The van der Waals surface area contributed by atoms with Crippen molar-refractivity contribution >= 4 is 33.1 Å². The number of rotatable bonds is 5. The van der Waals surface area contributed by atoms with Crippen molar-refractivity contribution in [3.05, 3.63) is 71.8 Å². The molecule has 1 N–H and O–H groups in total. The van der Waals surface area contributed by atoms with Crippen molar-refractivity contribution in [1.29, 1.82) is 0 Å². The van der Waals surface area contributed by atoms with E-state index in [4.69, 9.17) is 16.3 Å². The first-order valence-electron chi connectivity index (χ1n) is 8.50. The number of hydrogen-bond donors (Lipinski definition) is 1. The lowest BCUT2D eigenvalue weighted by molar-refractivity contribution is 0.458. The van der Waals surface area contributed by atoms with Gasteiger partial charge < -0.3 is 9.64 Å². The first-order valence-corrected chi connectivity index (χ1v) is 10.4. The minimum atomic E-state index is -4.39. The number of ether oxygens (including phenoxy) is 1. The Morgan fingerprint density at radius 3 is 2.50 bits per heavy atom. The number of nitrogens with zero attached hydrogens (tertiary/aromatic N) is 3. The molecule has 0 spiro atoms. The average Bonchev–Trinajstić information content (AvgIpc) is 2.67. The van der Waals surface area contributed by atoms with E-state index in [1.165, 1.54) is 12.4 Å². The van der Waals surface area contributed by atoms with E-state index < -0.39 is 15.4 Å². The van der Waals surface area contributed by atoms with Crippen LogP contribution in [-0.2, 0) is 10.1 Å². The molecule has 1 unspecified atom stereocenters. The summed E-state index contributed by atoms with van der Waals surface area (Å²) in [5.74, 6) is 1.32. The number of hydrogen-bond acceptors (Lipinski definition) is 6. The minimum Gasteiger partial charge on any atom is -0.453 e. The number of anilines is 2. The van der Waals surface area contributed by atoms with Crippen molar-refractivity contribution < 1.29 is 17.7 Å². The lowest BCUT2D eigenvalue weighted by Crippen LogP contribution is -2.26. The summed E-state index contributed by atoms with van der Waals surface area (Å²) in [7, 11) is -4.39. The van der Waals surface area contributed by atoms with Crippen LogP contribution in [0.3, 0.4) is 0 Å². The number of benzene rings is 2. The van der Waals surface area contributed by atoms with Crippen LogP contribution in [0.1, 0.15) is 17.5 Å². The molecule has 0 aliphatic carbocycles. The zero-order valence-electron chi connectivity index (χ0n) is 14.6. The van der Waals surface area contributed by atoms with Gasteiger partial charge in [0.05, 0.1) is 11.4 Å². The summed E-state index contributed by atoms with van der Waals surface area (Å²) < 4.78 is 39.6. The van der Waals surface area contributed by atoms with Gasteiger partial charge in [0, 0.05) is 24.0 Å². The van der Waals surface area contributed by atoms with Crippen molar-refractivity contribution in [3.8, 4) is 11.5 Å². The third-order valence-electron chi connectivity index (χ3n) is 4.44. The summed E-state index contributed by atoms with van der Waals surface area (Å²) in [5, 5.41) is -0.712. The summed E-state index contributed by atoms with van der Waals surface area (Å²) in [6.45, 7) is 0.274. The molecular weight excluding hydrogens is 402 g/mol. The van der Waals surface area contributed by atoms with Gasteiger partial charge in [-0.15, -0.1) is 0 Å². The number of para-hydroxylation sites is 2. The number of fused-ring (bicyclic) bond motifs is 2. The van der Waals surface area contributed by atoms with Gasteiger partial charge in [-0.1, -0.05) is 23.7 Å². The van der Waals surface area contributed by atoms with E-state index in [9.17, 15) is 13.0 Å². The monoisotopic (exact) mass is 417 g/mol. The molecule has 0 bridgehead atoms. The fourth-order valence-corrected chi connectivity index (χ4v) is 4.14. The van der Waals surface area contributed by atoms with Crippen LogP contribution in [0.15, 0.2) is 60.9 Å². The van der Waals surface area contributed by atoms with E-state index in [1.807, 2.05) is 29.2 Å². The van der Waals surface area contributed by atoms with Crippen LogP contribution in [0.4, 0.5) is 11.4 Å². The molecule has 0 amide bonds. The fraction of sp³-hybridized carbons (Fsp3) is 0.158. The topological polar surface area (TPSA) is 92.6 Å². The predicted molar refractivity (Wildman–Crippen MR) is 106 cm³/mol. The Hall–Kier alpha value is -2.68. The van der Waals surface area contributed by atoms with Crippen LogP contribution in [0, 0.1) is 0 Å². The Morgan fingerprint density at radius 1 is 1.04 bits per heavy atom. The van der Waals surface area contributed by atoms with Crippen molar-refractivity contribution in [2.45, 2.75) is 11.7 Å². The lowest BCUT2D eigenvalue weighted by atomic mass is 10.1. The van der Waals surface area contributed by atoms with Gasteiger partial charge in [-0.2, -0.15) is 8.42 Å². The first kappa shape index (κ1) is 18.7. The Kier molecular flexibility index (Phi) is 4.92. The molecule has 1 aromatic heterocycles. The molecule has 4 rings (SSSR count). The maximum atomic E-state index is 12.0. The molecule has 28 heavy (non-hydrogen) atoms. The Bertz CT molecular complexity index is 1110. The molecule has 1 atom stereocenters. The zero-order valence-corrected chi connectivity index (χ0v) is 16.1. The van der Waals surface area contributed by atoms with Crippen molar-refractivity contribution in [3.63, 3.8) is 0 Å². The molecule has 0 fully saturated rings. The predicted octanol–water partition coefficient (Wildman–Crippen LogP) is 4.39. The molecule has 0 saturated heterocycles. The molecule has 3 aromatic rings. The molecule has 7 nitrogen and oxygen atoms in total. The molecule has 1 aliphatic heterocycles. The molecule has 0 saturated carbocycles. The Morgan fingerprint density at radius 2 is 1.75 bits per heavy atom. The molecule has 2 heterocycles. The normalized spacial score (nSPS) is 14.0. The van der Waals surface area contributed by atoms with E-state index in [-0.39, 0.29) is 18.8 Å². The van der Waals surface area contributed by atoms with Gasteiger partial charge in [0.1, 0.15) is 11.1 Å². The largest absolute Gasteiger partial charge is 0.453 e. The molecule has 9 heteroatoms. The van der Waals surface area contributed by atoms with Crippen molar-refractivity contribution in [2.75, 3.05) is 11.4 Å². The van der Waals surface area contributed by atoms with Gasteiger partial charge >= 0.3 is 0 Å². The van der Waals surface area contributed by atoms with Crippen LogP contribution in [0.2, 0.25) is 5.02 Å². The second-order valence-corrected chi connectivity index (χ2v) is 8.27. The van der Waals surface area contributed by atoms with E-state index in [0.29, 0.717) is 22.2 Å². The highest BCUT2D eigenvalue weighted by Crippen LogP contribution is 2.47. The number of aromatic nitrogens is 2. The van der Waals surface area contributed by atoms with Crippen LogP contribution < -0.4 is 9.64 Å². The third kappa shape index (κ3) is 3.66. The van der Waals surface area contributed by atoms with Gasteiger partial charge in [-0.25, -0.2) is 9.97 Å². The minimum absolute atomic E-state index is 0.0536. The highest BCUT2D eigenvalue weighted by atomic mass is 35.5. The molecule has 144 valence electrons. The van der Waals surface area contributed by atoms with Gasteiger partial charge in [-0.3, -0.25) is 4.55 Å². The summed E-state index contributed by atoms with van der Waals surface area (Å²) in [6.07, 6.45) is 2.96. The van der Waals surface area contributed by atoms with Gasteiger partial charge in [0.15, 0.2) is 11.5 Å². The van der Waals surface area contributed by atoms with E-state index in [1.54, 1.807) is 24.3 Å². The Balaban J connectivity index is 1.70. The second-order valence-electron chi connectivity index (χ2n) is 6.23. The lowest BCUT2D eigenvalue weighted by Gasteiger charge is -2.33. The maximum Gasteiger partial charge on any atom is 0.275 e. The maximum absolute atomic E-state index is 12.0. The highest BCUT2D eigenvalue weighted by molar-refractivity contribution is 7.86. The quantitative estimate of drug-likeness (QED) is 0.615. The van der Waals surface area contributed by atoms with E-state index >= 15 is 0 Å². The van der Waals surface area contributed by atoms with Gasteiger partial charge in [0.25, 0.3) is 10.1 Å². The SMILES string of the molecule is O=S(=O)(O)C(CCN1c2ccccc2Oc2ccc(Cl)cc21)c1ncccn1. The molecular formula is C19H16ClN3O4S. The van der Waals surface area contributed by atoms with Crippen molar-refractivity contribution in [1.82, 2.24) is 9.97 Å². The summed E-state index contributed by atoms with van der Waals surface area (Å²) in [5.41, 5.74) is 1.50. The van der Waals surface area contributed by atoms with Crippen LogP contribution >= 0.6 is 11.6 Å². The van der Waals surface area contributed by atoms with Crippen LogP contribution in [0.25, 0.3) is 0 Å². The molecule has 2 aromatic carbocycles. The summed E-state index contributed by atoms with van der Waals surface area (Å²) in [6, 6.07) is 14.3. The summed E-state index contributed by atoms with van der Waals surface area (Å²) in [4.78, 5) is 9.91. The highest BCUT2D eigenvalue weighted by Gasteiger charge is 2.31. The van der Waals surface area contributed by atoms with Gasteiger partial charge in [-0.05, 0) is 42.8 Å². The summed E-state index contributed by atoms with van der Waals surface area (Å²) >= 11 is 6.16. The molecule has 1 aliphatic rings. The third-order valence-corrected chi connectivity index (χ3v) is 5.84. The van der Waals surface area contributed by atoms with Crippen LogP contribution in [-0.4, -0.2) is 29.5 Å². The average molecular weight is 418 g/mol. The van der Waals surface area contributed by atoms with Crippen LogP contribution in [0.5, 0.6) is 11.5 Å². The Labute approximate surface area is 167 Å². The van der Waals surface area contributed by atoms with E-state index in [2.05, 4.69) is 9.97 Å². The smallest absolute Gasteiger partial charge is 0.275 e. The fourth-order valence-electron chi connectivity index (χ4n) is 3.18. The standard InChI is InChI=1S/C19H16ClN3O4S/c20-13-6-7-17-15(12-13)23(14-4-1-2-5-16(14)27-17)11-8-18(28(24,25)26)19-21-9-3-10-22-19/h1-7,9-10,12,18H,8,11H2,(H,24,25,26). The van der Waals surface area contributed by atoms with Gasteiger partial charge in [0.2, 0.25) is 0 Å². The second kappa shape index (κ2) is 7.38. The first-order chi connectivity index (χ1) is 13.4. The van der Waals surface area contributed by atoms with E-state index in [0.717, 1.165) is 5.69 Å².